The molecule has 2 atom stereocenters. The second kappa shape index (κ2) is 7.67. The topological polar surface area (TPSA) is 97.8 Å². The third kappa shape index (κ3) is 3.52. The van der Waals surface area contributed by atoms with Crippen LogP contribution < -0.4 is 11.5 Å². The highest BCUT2D eigenvalue weighted by atomic mass is 35.5. The van der Waals surface area contributed by atoms with Crippen molar-refractivity contribution >= 4 is 44.0 Å². The minimum Gasteiger partial charge on any atom is -0.369 e. The van der Waals surface area contributed by atoms with Crippen molar-refractivity contribution in [1.82, 2.24) is 10.2 Å². The number of aromatic nitrogens is 2. The summed E-state index contributed by atoms with van der Waals surface area (Å²) in [7, 11) is -1.92. The molecule has 9 heteroatoms. The molecular formula is C18H19Cl2FN4OS. The summed E-state index contributed by atoms with van der Waals surface area (Å²) in [4.78, 5) is 12.1. The third-order valence-corrected chi connectivity index (χ3v) is 9.52. The predicted molar refractivity (Wildman–Crippen MR) is 109 cm³/mol. The minimum absolute atomic E-state index is 0.112. The van der Waals surface area contributed by atoms with E-state index in [2.05, 4.69) is 10.2 Å². The second-order valence-electron chi connectivity index (χ2n) is 6.32. The van der Waals surface area contributed by atoms with Gasteiger partial charge in [0, 0.05) is 23.2 Å². The molecule has 5 nitrogen and oxygen atoms in total. The normalized spacial score (nSPS) is 23.1. The van der Waals surface area contributed by atoms with Crippen LogP contribution >= 0.6 is 33.2 Å². The lowest BCUT2D eigenvalue weighted by Crippen LogP contribution is -2.31. The van der Waals surface area contributed by atoms with Crippen LogP contribution in [0, 0.1) is 11.7 Å². The van der Waals surface area contributed by atoms with Crippen molar-refractivity contribution in [3.63, 3.8) is 0 Å². The summed E-state index contributed by atoms with van der Waals surface area (Å²) in [5, 5.41) is 8.09. The Morgan fingerprint density at radius 2 is 2.11 bits per heavy atom. The van der Waals surface area contributed by atoms with Gasteiger partial charge in [0.05, 0.1) is 20.3 Å². The van der Waals surface area contributed by atoms with Crippen LogP contribution in [0.4, 0.5) is 4.39 Å². The summed E-state index contributed by atoms with van der Waals surface area (Å²) < 4.78 is 15.5. The van der Waals surface area contributed by atoms with Crippen LogP contribution in [0.1, 0.15) is 11.1 Å². The first kappa shape index (κ1) is 19.9. The number of hydrogen-bond donors (Lipinski definition) is 3. The lowest BCUT2D eigenvalue weighted by atomic mass is 9.97. The lowest BCUT2D eigenvalue weighted by molar-refractivity contribution is -0.121. The number of rotatable bonds is 6. The molecule has 1 amide bonds. The van der Waals surface area contributed by atoms with Crippen LogP contribution in [0.3, 0.4) is 0 Å². The van der Waals surface area contributed by atoms with E-state index in [1.807, 2.05) is 12.3 Å². The van der Waals surface area contributed by atoms with E-state index in [0.717, 1.165) is 5.03 Å². The highest BCUT2D eigenvalue weighted by Gasteiger charge is 2.38. The van der Waals surface area contributed by atoms with Crippen LogP contribution in [0.15, 0.2) is 51.0 Å². The van der Waals surface area contributed by atoms with Crippen molar-refractivity contribution in [2.45, 2.75) is 11.4 Å². The number of primary amides is 1. The number of aromatic amines is 1. The lowest BCUT2D eigenvalue weighted by Gasteiger charge is -2.33. The fourth-order valence-corrected chi connectivity index (χ4v) is 6.82. The molecule has 1 aliphatic rings. The number of carbonyl (C=O) groups excluding carboxylic acids is 1. The molecule has 1 aliphatic heterocycles. The number of nitrogens with zero attached hydrogens (tertiary/aromatic N) is 1. The first-order chi connectivity index (χ1) is 12.8. The van der Waals surface area contributed by atoms with Gasteiger partial charge in [-0.2, -0.15) is 5.10 Å². The van der Waals surface area contributed by atoms with Gasteiger partial charge in [-0.1, -0.05) is 35.3 Å². The molecule has 0 saturated carbocycles. The summed E-state index contributed by atoms with van der Waals surface area (Å²) in [6.07, 6.45) is 5.55. The van der Waals surface area contributed by atoms with Crippen molar-refractivity contribution in [2.75, 3.05) is 12.8 Å². The van der Waals surface area contributed by atoms with Gasteiger partial charge >= 0.3 is 0 Å². The SMILES string of the molecule is CS1(c2ccn[nH]2)C(c2ccc(C[C@H](CN)C(N)=O)cc2F)=CC(Cl)=C1Cl. The molecule has 0 fully saturated rings. The maximum absolute atomic E-state index is 15.0. The van der Waals surface area contributed by atoms with Gasteiger partial charge in [0.15, 0.2) is 0 Å². The number of hydrogen-bond acceptors (Lipinski definition) is 3. The van der Waals surface area contributed by atoms with Crippen molar-refractivity contribution in [3.05, 3.63) is 62.9 Å². The van der Waals surface area contributed by atoms with Crippen LogP contribution in [-0.4, -0.2) is 28.9 Å². The highest BCUT2D eigenvalue weighted by Crippen LogP contribution is 2.73. The second-order valence-corrected chi connectivity index (χ2v) is 10.5. The molecule has 0 spiro atoms. The fraction of sp³-hybridized carbons (Fsp3) is 0.222. The maximum atomic E-state index is 15.0. The molecule has 1 unspecified atom stereocenters. The smallest absolute Gasteiger partial charge is 0.222 e. The molecule has 144 valence electrons. The molecule has 2 heterocycles. The van der Waals surface area contributed by atoms with E-state index in [9.17, 15) is 9.18 Å². The number of nitrogens with one attached hydrogen (secondary N) is 1. The van der Waals surface area contributed by atoms with Gasteiger partial charge < -0.3 is 11.5 Å². The number of halogens is 3. The minimum atomic E-state index is -1.92. The van der Waals surface area contributed by atoms with Crippen molar-refractivity contribution in [3.8, 4) is 0 Å². The predicted octanol–water partition coefficient (Wildman–Crippen LogP) is 3.65. The Bertz CT molecular complexity index is 945. The Morgan fingerprint density at radius 3 is 2.67 bits per heavy atom. The van der Waals surface area contributed by atoms with Crippen molar-refractivity contribution < 1.29 is 9.18 Å². The van der Waals surface area contributed by atoms with Crippen LogP contribution in [0.2, 0.25) is 0 Å². The quantitative estimate of drug-likeness (QED) is 0.654. The Labute approximate surface area is 167 Å². The van der Waals surface area contributed by atoms with Gasteiger partial charge in [-0.25, -0.2) is 4.39 Å². The van der Waals surface area contributed by atoms with Crippen molar-refractivity contribution in [1.29, 1.82) is 0 Å². The van der Waals surface area contributed by atoms with Gasteiger partial charge in [0.1, 0.15) is 5.82 Å². The van der Waals surface area contributed by atoms with E-state index in [-0.39, 0.29) is 13.0 Å². The first-order valence-electron chi connectivity index (χ1n) is 8.12. The zero-order chi connectivity index (χ0) is 19.8. The third-order valence-electron chi connectivity index (χ3n) is 4.63. The molecule has 1 aromatic heterocycles. The van der Waals surface area contributed by atoms with E-state index < -0.39 is 27.7 Å². The number of H-pyrrole nitrogens is 1. The monoisotopic (exact) mass is 428 g/mol. The number of benzene rings is 1. The van der Waals surface area contributed by atoms with Gasteiger partial charge in [-0.05, 0) is 36.4 Å². The molecule has 1 aromatic carbocycles. The van der Waals surface area contributed by atoms with E-state index in [1.165, 1.54) is 6.07 Å². The van der Waals surface area contributed by atoms with Gasteiger partial charge in [-0.15, -0.1) is 10.0 Å². The molecule has 5 N–H and O–H groups in total. The average Bonchev–Trinajstić information content (AvgIpc) is 3.24. The van der Waals surface area contributed by atoms with Gasteiger partial charge in [-0.3, -0.25) is 9.89 Å². The first-order valence-corrected chi connectivity index (χ1v) is 10.9. The molecule has 0 saturated heterocycles. The molecule has 0 radical (unpaired) electrons. The summed E-state index contributed by atoms with van der Waals surface area (Å²) in [5.41, 5.74) is 11.9. The van der Waals surface area contributed by atoms with Crippen LogP contribution in [0.5, 0.6) is 0 Å². The molecule has 0 bridgehead atoms. The zero-order valence-electron chi connectivity index (χ0n) is 14.5. The van der Waals surface area contributed by atoms with E-state index in [0.29, 0.717) is 25.4 Å². The standard InChI is InChI=1S/C18H19Cl2FN4OS/c1-27(16-4-5-24-25-16)15(8-13(19)17(27)20)12-3-2-10(7-14(12)21)6-11(9-22)18(23)26/h2-5,7-8,11H,6,9,22H2,1H3,(H2,23,26)(H,24,25)/t11-/m1/s1. The number of carbonyl (C=O) groups is 1. The molecule has 27 heavy (non-hydrogen) atoms. The summed E-state index contributed by atoms with van der Waals surface area (Å²) >= 11 is 12.8. The summed E-state index contributed by atoms with van der Waals surface area (Å²) in [5.74, 6) is -1.46. The largest absolute Gasteiger partial charge is 0.369 e. The Hall–Kier alpha value is -1.80. The Balaban J connectivity index is 1.99. The van der Waals surface area contributed by atoms with E-state index in [4.69, 9.17) is 34.7 Å². The maximum Gasteiger partial charge on any atom is 0.222 e. The number of nitrogens with two attached hydrogens (primary N) is 2. The highest BCUT2D eigenvalue weighted by molar-refractivity contribution is 8.44. The van der Waals surface area contributed by atoms with Gasteiger partial charge in [0.2, 0.25) is 5.91 Å². The molecule has 2 aromatic rings. The molecule has 3 rings (SSSR count). The fourth-order valence-electron chi connectivity index (χ4n) is 3.03. The Morgan fingerprint density at radius 1 is 1.37 bits per heavy atom. The Kier molecular flexibility index (Phi) is 5.67. The van der Waals surface area contributed by atoms with E-state index in [1.54, 1.807) is 24.4 Å². The average molecular weight is 429 g/mol. The van der Waals surface area contributed by atoms with Gasteiger partial charge in [0.25, 0.3) is 0 Å². The van der Waals surface area contributed by atoms with E-state index >= 15 is 0 Å². The summed E-state index contributed by atoms with van der Waals surface area (Å²) in [6.45, 7) is 0.112. The number of allylic oxidation sites excluding steroid dienone is 2. The molecule has 0 aliphatic carbocycles. The van der Waals surface area contributed by atoms with Crippen LogP contribution in [0.25, 0.3) is 4.91 Å². The van der Waals surface area contributed by atoms with Crippen LogP contribution in [-0.2, 0) is 11.2 Å². The number of amides is 1. The zero-order valence-corrected chi connectivity index (χ0v) is 16.8. The molecular weight excluding hydrogens is 410 g/mol. The van der Waals surface area contributed by atoms with Crippen molar-refractivity contribution in [2.24, 2.45) is 17.4 Å². The summed E-state index contributed by atoms with van der Waals surface area (Å²) in [6, 6.07) is 6.64.